The van der Waals surface area contributed by atoms with Crippen molar-refractivity contribution >= 4 is 34.8 Å². The molecular weight excluding hydrogens is 354 g/mol. The molecule has 0 saturated heterocycles. The summed E-state index contributed by atoms with van der Waals surface area (Å²) in [6, 6.07) is 11.0. The lowest BCUT2D eigenvalue weighted by atomic mass is 10.0. The van der Waals surface area contributed by atoms with Crippen molar-refractivity contribution < 1.29 is 13.7 Å². The number of hydrogen-bond acceptors (Lipinski definition) is 3. The first kappa shape index (κ1) is 16.5. The number of nitrogens with zero attached hydrogens (tertiary/aromatic N) is 1. The maximum absolute atomic E-state index is 14.2. The molecule has 0 aliphatic rings. The van der Waals surface area contributed by atoms with Gasteiger partial charge in [-0.15, -0.1) is 0 Å². The van der Waals surface area contributed by atoms with Gasteiger partial charge in [0.2, 0.25) is 0 Å². The molecule has 2 aromatic carbocycles. The monoisotopic (exact) mass is 364 g/mol. The normalized spacial score (nSPS) is 10.7. The van der Waals surface area contributed by atoms with Crippen LogP contribution in [0.4, 0.5) is 10.1 Å². The van der Waals surface area contributed by atoms with Crippen LogP contribution in [0.1, 0.15) is 16.1 Å². The van der Waals surface area contributed by atoms with Crippen LogP contribution in [0.2, 0.25) is 10.0 Å². The molecule has 0 aliphatic carbocycles. The van der Waals surface area contributed by atoms with Crippen LogP contribution in [-0.2, 0) is 0 Å². The van der Waals surface area contributed by atoms with E-state index in [9.17, 15) is 9.18 Å². The smallest absolute Gasteiger partial charge is 0.261 e. The summed E-state index contributed by atoms with van der Waals surface area (Å²) in [5.41, 5.74) is 0.581. The quantitative estimate of drug-likeness (QED) is 0.681. The van der Waals surface area contributed by atoms with Crippen molar-refractivity contribution in [2.24, 2.45) is 0 Å². The van der Waals surface area contributed by atoms with Crippen LogP contribution in [-0.4, -0.2) is 11.1 Å². The highest BCUT2D eigenvalue weighted by atomic mass is 35.5. The number of hydrogen-bond donors (Lipinski definition) is 1. The van der Waals surface area contributed by atoms with E-state index >= 15 is 0 Å². The number of para-hydroxylation sites is 1. The van der Waals surface area contributed by atoms with Crippen molar-refractivity contribution in [2.75, 3.05) is 5.32 Å². The van der Waals surface area contributed by atoms with Gasteiger partial charge in [0, 0.05) is 0 Å². The molecule has 0 bridgehead atoms. The lowest BCUT2D eigenvalue weighted by Crippen LogP contribution is -2.14. The molecule has 4 nitrogen and oxygen atoms in total. The Morgan fingerprint density at radius 1 is 1.12 bits per heavy atom. The van der Waals surface area contributed by atoms with E-state index in [1.165, 1.54) is 18.2 Å². The zero-order valence-electron chi connectivity index (χ0n) is 12.4. The Kier molecular flexibility index (Phi) is 4.55. The van der Waals surface area contributed by atoms with E-state index in [4.69, 9.17) is 27.7 Å². The van der Waals surface area contributed by atoms with Gasteiger partial charge in [0.15, 0.2) is 0 Å². The van der Waals surface area contributed by atoms with Gasteiger partial charge in [-0.2, -0.15) is 0 Å². The second kappa shape index (κ2) is 6.63. The summed E-state index contributed by atoms with van der Waals surface area (Å²) in [6.07, 6.45) is 0. The van der Waals surface area contributed by atoms with Crippen LogP contribution in [0.25, 0.3) is 11.3 Å². The first-order chi connectivity index (χ1) is 11.5. The lowest BCUT2D eigenvalue weighted by Gasteiger charge is -2.08. The summed E-state index contributed by atoms with van der Waals surface area (Å²) in [5.74, 6) is -0.868. The number of carbonyl (C=O) groups is 1. The van der Waals surface area contributed by atoms with E-state index in [0.29, 0.717) is 10.7 Å². The third-order valence-electron chi connectivity index (χ3n) is 3.41. The Balaban J connectivity index is 2.05. The molecule has 0 unspecified atom stereocenters. The fourth-order valence-electron chi connectivity index (χ4n) is 2.28. The Hall–Kier alpha value is -2.37. The maximum atomic E-state index is 14.2. The van der Waals surface area contributed by atoms with Crippen molar-refractivity contribution in [3.05, 3.63) is 69.7 Å². The highest BCUT2D eigenvalue weighted by Gasteiger charge is 2.25. The predicted molar refractivity (Wildman–Crippen MR) is 91.0 cm³/mol. The molecular formula is C17H11Cl2FN2O2. The van der Waals surface area contributed by atoms with Crippen LogP contribution >= 0.6 is 23.2 Å². The minimum atomic E-state index is -0.595. The molecule has 0 radical (unpaired) electrons. The molecule has 1 amide bonds. The van der Waals surface area contributed by atoms with Crippen molar-refractivity contribution in [3.63, 3.8) is 0 Å². The molecule has 122 valence electrons. The number of benzene rings is 2. The Morgan fingerprint density at radius 3 is 2.54 bits per heavy atom. The fourth-order valence-corrected chi connectivity index (χ4v) is 2.72. The highest BCUT2D eigenvalue weighted by molar-refractivity contribution is 6.34. The molecule has 3 aromatic rings. The van der Waals surface area contributed by atoms with Crippen molar-refractivity contribution in [1.29, 1.82) is 0 Å². The van der Waals surface area contributed by atoms with Gasteiger partial charge in [-0.25, -0.2) is 4.39 Å². The zero-order valence-corrected chi connectivity index (χ0v) is 14.0. The SMILES string of the molecule is Cc1onc(-c2c(F)cccc2Cl)c1C(=O)Nc1ccccc1Cl. The van der Waals surface area contributed by atoms with Gasteiger partial charge < -0.3 is 9.84 Å². The molecule has 1 aromatic heterocycles. The van der Waals surface area contributed by atoms with E-state index < -0.39 is 11.7 Å². The van der Waals surface area contributed by atoms with Crippen LogP contribution in [0, 0.1) is 12.7 Å². The van der Waals surface area contributed by atoms with Gasteiger partial charge in [-0.1, -0.05) is 46.6 Å². The van der Waals surface area contributed by atoms with Crippen LogP contribution in [0.15, 0.2) is 47.0 Å². The topological polar surface area (TPSA) is 55.1 Å². The third-order valence-corrected chi connectivity index (χ3v) is 4.06. The number of nitrogens with one attached hydrogen (secondary N) is 1. The summed E-state index contributed by atoms with van der Waals surface area (Å²) < 4.78 is 19.2. The highest BCUT2D eigenvalue weighted by Crippen LogP contribution is 2.34. The third kappa shape index (κ3) is 3.00. The first-order valence-corrected chi connectivity index (χ1v) is 7.71. The molecule has 24 heavy (non-hydrogen) atoms. The minimum absolute atomic E-state index is 0.0142. The zero-order chi connectivity index (χ0) is 17.3. The molecule has 7 heteroatoms. The summed E-state index contributed by atoms with van der Waals surface area (Å²) in [5, 5.41) is 6.98. The molecule has 1 heterocycles. The van der Waals surface area contributed by atoms with Gasteiger partial charge in [0.05, 0.1) is 21.3 Å². The summed E-state index contributed by atoms with van der Waals surface area (Å²) in [7, 11) is 0. The molecule has 0 aliphatic heterocycles. The number of aromatic nitrogens is 1. The largest absolute Gasteiger partial charge is 0.360 e. The van der Waals surface area contributed by atoms with E-state index in [-0.39, 0.29) is 27.6 Å². The average Bonchev–Trinajstić information content (AvgIpc) is 2.91. The first-order valence-electron chi connectivity index (χ1n) is 6.95. The average molecular weight is 365 g/mol. The second-order valence-electron chi connectivity index (χ2n) is 4.99. The molecule has 0 saturated carbocycles. The van der Waals surface area contributed by atoms with Gasteiger partial charge >= 0.3 is 0 Å². The van der Waals surface area contributed by atoms with E-state index in [1.807, 2.05) is 0 Å². The number of carbonyl (C=O) groups excluding carboxylic acids is 1. The summed E-state index contributed by atoms with van der Waals surface area (Å²) in [6.45, 7) is 1.56. The van der Waals surface area contributed by atoms with Crippen molar-refractivity contribution in [2.45, 2.75) is 6.92 Å². The maximum Gasteiger partial charge on any atom is 0.261 e. The Labute approximate surface area is 147 Å². The van der Waals surface area contributed by atoms with Crippen LogP contribution < -0.4 is 5.32 Å². The standard InChI is InChI=1S/C17H11Cl2FN2O2/c1-9-14(17(23)21-13-8-3-2-5-10(13)18)16(22-24-9)15-11(19)6-4-7-12(15)20/h2-8H,1H3,(H,21,23). The molecule has 3 rings (SSSR count). The number of rotatable bonds is 3. The van der Waals surface area contributed by atoms with E-state index in [1.54, 1.807) is 31.2 Å². The molecule has 0 fully saturated rings. The van der Waals surface area contributed by atoms with E-state index in [0.717, 1.165) is 0 Å². The molecule has 0 spiro atoms. The van der Waals surface area contributed by atoms with Gasteiger partial charge in [0.25, 0.3) is 5.91 Å². The minimum Gasteiger partial charge on any atom is -0.360 e. The second-order valence-corrected chi connectivity index (χ2v) is 5.81. The Bertz CT molecular complexity index is 904. The lowest BCUT2D eigenvalue weighted by molar-refractivity contribution is 0.102. The number of halogens is 3. The number of amides is 1. The summed E-state index contributed by atoms with van der Waals surface area (Å²) in [4.78, 5) is 12.6. The van der Waals surface area contributed by atoms with Crippen molar-refractivity contribution in [1.82, 2.24) is 5.16 Å². The number of aryl methyl sites for hydroxylation is 1. The van der Waals surface area contributed by atoms with Crippen molar-refractivity contribution in [3.8, 4) is 11.3 Å². The number of anilines is 1. The molecule has 0 atom stereocenters. The van der Waals surface area contributed by atoms with Crippen LogP contribution in [0.3, 0.4) is 0 Å². The summed E-state index contributed by atoms with van der Waals surface area (Å²) >= 11 is 12.1. The van der Waals surface area contributed by atoms with E-state index in [2.05, 4.69) is 10.5 Å². The van der Waals surface area contributed by atoms with Crippen LogP contribution in [0.5, 0.6) is 0 Å². The van der Waals surface area contributed by atoms with Gasteiger partial charge in [-0.3, -0.25) is 4.79 Å². The Morgan fingerprint density at radius 2 is 1.83 bits per heavy atom. The van der Waals surface area contributed by atoms with Gasteiger partial charge in [0.1, 0.15) is 22.8 Å². The molecule has 1 N–H and O–H groups in total. The predicted octanol–water partition coefficient (Wildman–Crippen LogP) is 5.35. The van der Waals surface area contributed by atoms with Gasteiger partial charge in [-0.05, 0) is 31.2 Å². The fraction of sp³-hybridized carbons (Fsp3) is 0.0588.